The minimum absolute atomic E-state index is 0.200. The first-order valence-corrected chi connectivity index (χ1v) is 11.8. The fourth-order valence-electron chi connectivity index (χ4n) is 3.12. The maximum absolute atomic E-state index is 13.1. The third-order valence-electron chi connectivity index (χ3n) is 4.82. The number of rotatable bonds is 7. The summed E-state index contributed by atoms with van der Waals surface area (Å²) in [6.07, 6.45) is 1.68. The van der Waals surface area contributed by atoms with Gasteiger partial charge in [0.2, 0.25) is 0 Å². The molecule has 35 heavy (non-hydrogen) atoms. The molecule has 1 heterocycles. The number of ether oxygens (including phenoxy) is 2. The van der Waals surface area contributed by atoms with E-state index in [2.05, 4.69) is 10.3 Å². The number of carbonyl (C=O) groups excluding carboxylic acids is 2. The van der Waals surface area contributed by atoms with Crippen LogP contribution in [-0.4, -0.2) is 23.6 Å². The topological polar surface area (TPSA) is 77.0 Å². The second kappa shape index (κ2) is 11.2. The number of hydrogen-bond donors (Lipinski definition) is 1. The quantitative estimate of drug-likeness (QED) is 0.403. The normalized spacial score (nSPS) is 15.3. The molecule has 3 aromatic carbocycles. The second-order valence-corrected chi connectivity index (χ2v) is 8.82. The summed E-state index contributed by atoms with van der Waals surface area (Å²) >= 11 is 6.92. The van der Waals surface area contributed by atoms with Crippen LogP contribution in [0.4, 0.5) is 4.39 Å². The Morgan fingerprint density at radius 1 is 1.06 bits per heavy atom. The van der Waals surface area contributed by atoms with Crippen molar-refractivity contribution in [3.8, 4) is 11.5 Å². The zero-order chi connectivity index (χ0) is 24.8. The molecule has 2 amide bonds. The minimum atomic E-state index is -0.480. The number of benzene rings is 3. The summed E-state index contributed by atoms with van der Waals surface area (Å²) < 4.78 is 24.7. The SMILES string of the molecule is CCOc1cc(/C=C2\SC(=NC(=O)c3ccc(Cl)cc3)NC2=O)ccc1OCc1ccc(F)cc1. The summed E-state index contributed by atoms with van der Waals surface area (Å²) in [5, 5.41) is 3.32. The number of nitrogens with one attached hydrogen (secondary N) is 1. The highest BCUT2D eigenvalue weighted by atomic mass is 35.5. The molecule has 0 unspecified atom stereocenters. The molecule has 0 bridgehead atoms. The van der Waals surface area contributed by atoms with Crippen LogP contribution in [0.25, 0.3) is 6.08 Å². The molecule has 0 atom stereocenters. The van der Waals surface area contributed by atoms with Gasteiger partial charge in [-0.05, 0) is 84.4 Å². The van der Waals surface area contributed by atoms with Crippen LogP contribution in [0, 0.1) is 5.82 Å². The van der Waals surface area contributed by atoms with Crippen LogP contribution in [0.5, 0.6) is 11.5 Å². The number of thioether (sulfide) groups is 1. The number of halogens is 2. The van der Waals surface area contributed by atoms with E-state index in [1.807, 2.05) is 6.92 Å². The summed E-state index contributed by atoms with van der Waals surface area (Å²) in [5.74, 6) is -0.103. The molecule has 6 nitrogen and oxygen atoms in total. The Hall–Kier alpha value is -3.62. The number of amides is 2. The minimum Gasteiger partial charge on any atom is -0.490 e. The van der Waals surface area contributed by atoms with Crippen molar-refractivity contribution >= 4 is 46.4 Å². The highest BCUT2D eigenvalue weighted by Gasteiger charge is 2.25. The molecule has 4 rings (SSSR count). The zero-order valence-electron chi connectivity index (χ0n) is 18.6. The van der Waals surface area contributed by atoms with Crippen molar-refractivity contribution < 1.29 is 23.5 Å². The average Bonchev–Trinajstić information content (AvgIpc) is 3.18. The Morgan fingerprint density at radius 3 is 2.51 bits per heavy atom. The van der Waals surface area contributed by atoms with E-state index in [0.717, 1.165) is 17.3 Å². The molecule has 3 aromatic rings. The number of hydrogen-bond acceptors (Lipinski definition) is 5. The van der Waals surface area contributed by atoms with Crippen LogP contribution in [0.3, 0.4) is 0 Å². The van der Waals surface area contributed by atoms with Gasteiger partial charge in [-0.25, -0.2) is 4.39 Å². The van der Waals surface area contributed by atoms with E-state index in [4.69, 9.17) is 21.1 Å². The van der Waals surface area contributed by atoms with Crippen molar-refractivity contribution in [2.45, 2.75) is 13.5 Å². The lowest BCUT2D eigenvalue weighted by atomic mass is 10.2. The van der Waals surface area contributed by atoms with Crippen molar-refractivity contribution in [3.63, 3.8) is 0 Å². The van der Waals surface area contributed by atoms with Gasteiger partial charge in [0.05, 0.1) is 11.5 Å². The first-order chi connectivity index (χ1) is 16.9. The first kappa shape index (κ1) is 24.5. The summed E-state index contributed by atoms with van der Waals surface area (Å²) in [6, 6.07) is 17.7. The van der Waals surface area contributed by atoms with Crippen LogP contribution >= 0.6 is 23.4 Å². The highest BCUT2D eigenvalue weighted by Crippen LogP contribution is 2.32. The zero-order valence-corrected chi connectivity index (χ0v) is 20.2. The van der Waals surface area contributed by atoms with Gasteiger partial charge in [-0.1, -0.05) is 29.8 Å². The maximum Gasteiger partial charge on any atom is 0.279 e. The van der Waals surface area contributed by atoms with E-state index in [-0.39, 0.29) is 23.5 Å². The van der Waals surface area contributed by atoms with Gasteiger partial charge >= 0.3 is 0 Å². The summed E-state index contributed by atoms with van der Waals surface area (Å²) in [4.78, 5) is 29.2. The molecule has 178 valence electrons. The second-order valence-electron chi connectivity index (χ2n) is 7.35. The Kier molecular flexibility index (Phi) is 7.84. The molecular formula is C26H20ClFN2O4S. The molecule has 1 saturated heterocycles. The molecule has 9 heteroatoms. The number of aliphatic imine (C=N–C) groups is 1. The fraction of sp³-hybridized carbons (Fsp3) is 0.115. The molecule has 0 aliphatic carbocycles. The largest absolute Gasteiger partial charge is 0.490 e. The Morgan fingerprint density at radius 2 is 1.80 bits per heavy atom. The van der Waals surface area contributed by atoms with E-state index in [9.17, 15) is 14.0 Å². The third-order valence-corrected chi connectivity index (χ3v) is 5.98. The standard InChI is InChI=1S/C26H20ClFN2O4S/c1-2-33-22-13-17(5-12-21(22)34-15-16-3-10-20(28)11-4-16)14-23-25(32)30-26(35-23)29-24(31)18-6-8-19(27)9-7-18/h3-14H,2,15H2,1H3,(H,29,30,31,32)/b23-14-. The lowest BCUT2D eigenvalue weighted by Crippen LogP contribution is -2.20. The third kappa shape index (κ3) is 6.49. The molecule has 0 aromatic heterocycles. The van der Waals surface area contributed by atoms with Gasteiger partial charge in [-0.15, -0.1) is 0 Å². The summed E-state index contributed by atoms with van der Waals surface area (Å²) in [6.45, 7) is 2.53. The predicted molar refractivity (Wildman–Crippen MR) is 135 cm³/mol. The highest BCUT2D eigenvalue weighted by molar-refractivity contribution is 8.18. The Labute approximate surface area is 210 Å². The maximum atomic E-state index is 13.1. The number of carbonyl (C=O) groups is 2. The predicted octanol–water partition coefficient (Wildman–Crippen LogP) is 5.86. The van der Waals surface area contributed by atoms with Gasteiger partial charge in [-0.3, -0.25) is 9.59 Å². The van der Waals surface area contributed by atoms with E-state index >= 15 is 0 Å². The van der Waals surface area contributed by atoms with Crippen LogP contribution in [0.1, 0.15) is 28.4 Å². The van der Waals surface area contributed by atoms with Gasteiger partial charge in [0.15, 0.2) is 16.7 Å². The van der Waals surface area contributed by atoms with Crippen LogP contribution < -0.4 is 14.8 Å². The van der Waals surface area contributed by atoms with Gasteiger partial charge < -0.3 is 14.8 Å². The van der Waals surface area contributed by atoms with Crippen LogP contribution in [-0.2, 0) is 11.4 Å². The van der Waals surface area contributed by atoms with E-state index < -0.39 is 5.91 Å². The average molecular weight is 511 g/mol. The molecule has 1 N–H and O–H groups in total. The van der Waals surface area contributed by atoms with Crippen LogP contribution in [0.2, 0.25) is 5.02 Å². The first-order valence-electron chi connectivity index (χ1n) is 10.6. The van der Waals surface area contributed by atoms with Gasteiger partial charge in [0.1, 0.15) is 12.4 Å². The smallest absolute Gasteiger partial charge is 0.279 e. The molecule has 0 radical (unpaired) electrons. The van der Waals surface area contributed by atoms with E-state index in [1.54, 1.807) is 60.7 Å². The molecule has 1 aliphatic heterocycles. The van der Waals surface area contributed by atoms with E-state index in [0.29, 0.717) is 39.2 Å². The lowest BCUT2D eigenvalue weighted by Gasteiger charge is -2.13. The Bertz CT molecular complexity index is 1310. The monoisotopic (exact) mass is 510 g/mol. The molecule has 1 fully saturated rings. The van der Waals surface area contributed by atoms with Crippen molar-refractivity contribution in [1.29, 1.82) is 0 Å². The van der Waals surface area contributed by atoms with Gasteiger partial charge in [0.25, 0.3) is 11.8 Å². The van der Waals surface area contributed by atoms with E-state index in [1.165, 1.54) is 12.1 Å². The van der Waals surface area contributed by atoms with Crippen molar-refractivity contribution in [3.05, 3.63) is 99.2 Å². The summed E-state index contributed by atoms with van der Waals surface area (Å²) in [5.41, 5.74) is 1.90. The lowest BCUT2D eigenvalue weighted by molar-refractivity contribution is -0.115. The number of nitrogens with zero attached hydrogens (tertiary/aromatic N) is 1. The molecule has 0 saturated carbocycles. The van der Waals surface area contributed by atoms with Crippen molar-refractivity contribution in [1.82, 2.24) is 5.32 Å². The van der Waals surface area contributed by atoms with Gasteiger partial charge in [0, 0.05) is 10.6 Å². The van der Waals surface area contributed by atoms with Crippen LogP contribution in [0.15, 0.2) is 76.6 Å². The number of amidine groups is 1. The summed E-state index contributed by atoms with van der Waals surface area (Å²) in [7, 11) is 0. The fourth-order valence-corrected chi connectivity index (χ4v) is 4.07. The Balaban J connectivity index is 1.48. The molecule has 0 spiro atoms. The molecule has 1 aliphatic rings. The molecular weight excluding hydrogens is 491 g/mol. The van der Waals surface area contributed by atoms with Gasteiger partial charge in [-0.2, -0.15) is 4.99 Å². The van der Waals surface area contributed by atoms with Crippen molar-refractivity contribution in [2.24, 2.45) is 4.99 Å². The van der Waals surface area contributed by atoms with Crippen molar-refractivity contribution in [2.75, 3.05) is 6.61 Å².